The van der Waals surface area contributed by atoms with Crippen LogP contribution in [-0.4, -0.2) is 15.3 Å². The molecule has 3 heteroatoms. The maximum absolute atomic E-state index is 9.70. The molecule has 0 aliphatic rings. The van der Waals surface area contributed by atoms with Gasteiger partial charge in [0.05, 0.1) is 5.56 Å². The fraction of sp³-hybridized carbons (Fsp3) is 0.0769. The lowest BCUT2D eigenvalue weighted by atomic mass is 10.0. The van der Waals surface area contributed by atoms with Gasteiger partial charge in [-0.15, -0.1) is 0 Å². The van der Waals surface area contributed by atoms with E-state index in [9.17, 15) is 15.3 Å². The van der Waals surface area contributed by atoms with Crippen LogP contribution >= 0.6 is 0 Å². The van der Waals surface area contributed by atoms with Crippen LogP contribution in [0, 0.1) is 6.92 Å². The monoisotopic (exact) mass is 216 g/mol. The minimum atomic E-state index is -0.161. The number of aryl methyl sites for hydroxylation is 1. The average molecular weight is 216 g/mol. The van der Waals surface area contributed by atoms with Gasteiger partial charge in [0.15, 0.2) is 0 Å². The Bertz CT molecular complexity index is 509. The van der Waals surface area contributed by atoms with E-state index >= 15 is 0 Å². The smallest absolute Gasteiger partial charge is 0.130 e. The van der Waals surface area contributed by atoms with E-state index in [1.165, 1.54) is 12.1 Å². The highest BCUT2D eigenvalue weighted by molar-refractivity contribution is 5.77. The lowest BCUT2D eigenvalue weighted by molar-refractivity contribution is 0.430. The van der Waals surface area contributed by atoms with Crippen LogP contribution in [0.25, 0.3) is 11.1 Å². The molecule has 0 bridgehead atoms. The second-order valence-electron chi connectivity index (χ2n) is 3.73. The highest BCUT2D eigenvalue weighted by Crippen LogP contribution is 2.40. The Labute approximate surface area is 93.2 Å². The molecule has 0 aliphatic heterocycles. The Morgan fingerprint density at radius 2 is 1.50 bits per heavy atom. The summed E-state index contributed by atoms with van der Waals surface area (Å²) in [5.41, 5.74) is 2.08. The highest BCUT2D eigenvalue weighted by atomic mass is 16.3. The predicted octanol–water partition coefficient (Wildman–Crippen LogP) is 2.78. The standard InChI is InChI=1S/C13H12O3/c1-8-3-2-4-9(5-8)13-11(15)6-10(14)7-12(13)16/h2-7,14-16H,1H3. The first-order valence-electron chi connectivity index (χ1n) is 4.90. The van der Waals surface area contributed by atoms with Gasteiger partial charge in [0.25, 0.3) is 0 Å². The zero-order valence-corrected chi connectivity index (χ0v) is 8.81. The summed E-state index contributed by atoms with van der Waals surface area (Å²) in [6.45, 7) is 1.93. The number of phenolic OH excluding ortho intramolecular Hbond substituents is 3. The SMILES string of the molecule is Cc1cccc(-c2c(O)cc(O)cc2O)c1. The molecule has 2 aromatic carbocycles. The molecule has 0 spiro atoms. The van der Waals surface area contributed by atoms with Crippen molar-refractivity contribution in [1.82, 2.24) is 0 Å². The second kappa shape index (κ2) is 3.77. The van der Waals surface area contributed by atoms with E-state index in [1.807, 2.05) is 25.1 Å². The molecule has 2 rings (SSSR count). The van der Waals surface area contributed by atoms with E-state index < -0.39 is 0 Å². The fourth-order valence-corrected chi connectivity index (χ4v) is 1.69. The first-order chi connectivity index (χ1) is 7.58. The lowest BCUT2D eigenvalue weighted by Gasteiger charge is -2.08. The maximum Gasteiger partial charge on any atom is 0.130 e. The second-order valence-corrected chi connectivity index (χ2v) is 3.73. The molecule has 0 amide bonds. The summed E-state index contributed by atoms with van der Waals surface area (Å²) in [6.07, 6.45) is 0. The number of aromatic hydroxyl groups is 3. The Morgan fingerprint density at radius 3 is 2.06 bits per heavy atom. The summed E-state index contributed by atoms with van der Waals surface area (Å²) in [5, 5.41) is 28.6. The number of hydrogen-bond donors (Lipinski definition) is 3. The predicted molar refractivity (Wildman–Crippen MR) is 61.6 cm³/mol. The van der Waals surface area contributed by atoms with Crippen LogP contribution in [0.1, 0.15) is 5.56 Å². The van der Waals surface area contributed by atoms with Crippen molar-refractivity contribution < 1.29 is 15.3 Å². The third kappa shape index (κ3) is 1.80. The highest BCUT2D eigenvalue weighted by Gasteiger charge is 2.11. The molecule has 82 valence electrons. The number of rotatable bonds is 1. The summed E-state index contributed by atoms with van der Waals surface area (Å²) in [7, 11) is 0. The van der Waals surface area contributed by atoms with Crippen LogP contribution in [0.5, 0.6) is 17.2 Å². The molecule has 0 aliphatic carbocycles. The quantitative estimate of drug-likeness (QED) is 0.686. The summed E-state index contributed by atoms with van der Waals surface area (Å²) < 4.78 is 0. The summed E-state index contributed by atoms with van der Waals surface area (Å²) >= 11 is 0. The Morgan fingerprint density at radius 1 is 0.875 bits per heavy atom. The molecule has 0 aromatic heterocycles. The van der Waals surface area contributed by atoms with Crippen LogP contribution in [-0.2, 0) is 0 Å². The van der Waals surface area contributed by atoms with Gasteiger partial charge in [0, 0.05) is 12.1 Å². The third-order valence-electron chi connectivity index (χ3n) is 2.39. The van der Waals surface area contributed by atoms with Crippen molar-refractivity contribution in [3.8, 4) is 28.4 Å². The molecule has 0 saturated carbocycles. The van der Waals surface area contributed by atoms with E-state index in [1.54, 1.807) is 6.07 Å². The molecule has 0 radical (unpaired) electrons. The van der Waals surface area contributed by atoms with Gasteiger partial charge in [-0.3, -0.25) is 0 Å². The number of hydrogen-bond acceptors (Lipinski definition) is 3. The molecule has 0 heterocycles. The molecule has 0 saturated heterocycles. The van der Waals surface area contributed by atoms with Crippen molar-refractivity contribution in [3.05, 3.63) is 42.0 Å². The van der Waals surface area contributed by atoms with Crippen LogP contribution < -0.4 is 0 Å². The van der Waals surface area contributed by atoms with Gasteiger partial charge >= 0.3 is 0 Å². The van der Waals surface area contributed by atoms with E-state index in [4.69, 9.17) is 0 Å². The summed E-state index contributed by atoms with van der Waals surface area (Å²) in [5.74, 6) is -0.433. The molecule has 2 aromatic rings. The minimum Gasteiger partial charge on any atom is -0.508 e. The van der Waals surface area contributed by atoms with Gasteiger partial charge in [0.2, 0.25) is 0 Å². The van der Waals surface area contributed by atoms with Crippen molar-refractivity contribution >= 4 is 0 Å². The summed E-state index contributed by atoms with van der Waals surface area (Å²) in [4.78, 5) is 0. The van der Waals surface area contributed by atoms with Gasteiger partial charge in [-0.05, 0) is 12.5 Å². The molecule has 16 heavy (non-hydrogen) atoms. The zero-order valence-electron chi connectivity index (χ0n) is 8.81. The van der Waals surface area contributed by atoms with Crippen molar-refractivity contribution in [1.29, 1.82) is 0 Å². The third-order valence-corrected chi connectivity index (χ3v) is 2.39. The van der Waals surface area contributed by atoms with E-state index in [0.717, 1.165) is 11.1 Å². The van der Waals surface area contributed by atoms with E-state index in [-0.39, 0.29) is 17.2 Å². The van der Waals surface area contributed by atoms with Gasteiger partial charge in [-0.2, -0.15) is 0 Å². The van der Waals surface area contributed by atoms with Gasteiger partial charge in [-0.25, -0.2) is 0 Å². The molecule has 0 unspecified atom stereocenters. The topological polar surface area (TPSA) is 60.7 Å². The Kier molecular flexibility index (Phi) is 2.44. The maximum atomic E-state index is 9.70. The molecular weight excluding hydrogens is 204 g/mol. The first-order valence-corrected chi connectivity index (χ1v) is 4.90. The fourth-order valence-electron chi connectivity index (χ4n) is 1.69. The van der Waals surface area contributed by atoms with Gasteiger partial charge in [0.1, 0.15) is 17.2 Å². The minimum absolute atomic E-state index is 0.136. The van der Waals surface area contributed by atoms with E-state index in [2.05, 4.69) is 0 Å². The average Bonchev–Trinajstić information content (AvgIpc) is 2.15. The summed E-state index contributed by atoms with van der Waals surface area (Å²) in [6, 6.07) is 9.83. The van der Waals surface area contributed by atoms with Gasteiger partial charge < -0.3 is 15.3 Å². The molecule has 3 N–H and O–H groups in total. The van der Waals surface area contributed by atoms with Crippen molar-refractivity contribution in [2.75, 3.05) is 0 Å². The number of phenols is 3. The van der Waals surface area contributed by atoms with Crippen molar-refractivity contribution in [2.24, 2.45) is 0 Å². The lowest BCUT2D eigenvalue weighted by Crippen LogP contribution is -1.82. The Balaban J connectivity index is 2.64. The number of benzene rings is 2. The van der Waals surface area contributed by atoms with E-state index in [0.29, 0.717) is 5.56 Å². The molecule has 3 nitrogen and oxygen atoms in total. The molecule has 0 atom stereocenters. The van der Waals surface area contributed by atoms with Gasteiger partial charge in [-0.1, -0.05) is 29.8 Å². The molecular formula is C13H12O3. The Hall–Kier alpha value is -2.16. The van der Waals surface area contributed by atoms with Crippen LogP contribution in [0.2, 0.25) is 0 Å². The van der Waals surface area contributed by atoms with Crippen molar-refractivity contribution in [3.63, 3.8) is 0 Å². The van der Waals surface area contributed by atoms with Crippen molar-refractivity contribution in [2.45, 2.75) is 6.92 Å². The van der Waals surface area contributed by atoms with Crippen LogP contribution in [0.4, 0.5) is 0 Å². The van der Waals surface area contributed by atoms with Crippen LogP contribution in [0.15, 0.2) is 36.4 Å². The normalized spacial score (nSPS) is 10.3. The first kappa shape index (κ1) is 10.4. The van der Waals surface area contributed by atoms with Crippen LogP contribution in [0.3, 0.4) is 0 Å². The molecule has 0 fully saturated rings. The largest absolute Gasteiger partial charge is 0.508 e. The zero-order chi connectivity index (χ0) is 11.7.